The number of hydroxylamine groups is 2. The van der Waals surface area contributed by atoms with Gasteiger partial charge in [-0.1, -0.05) is 30.3 Å². The fourth-order valence-electron chi connectivity index (χ4n) is 4.76. The zero-order chi connectivity index (χ0) is 17.3. The minimum absolute atomic E-state index is 0.0622. The van der Waals surface area contributed by atoms with Gasteiger partial charge in [-0.05, 0) is 24.8 Å². The molecule has 3 saturated heterocycles. The zero-order valence-electron chi connectivity index (χ0n) is 14.9. The lowest BCUT2D eigenvalue weighted by Gasteiger charge is -2.44. The molecular weight excluding hydrogens is 316 g/mol. The van der Waals surface area contributed by atoms with Crippen LogP contribution in [0.3, 0.4) is 0 Å². The van der Waals surface area contributed by atoms with Crippen LogP contribution in [-0.4, -0.2) is 54.7 Å². The highest BCUT2D eigenvalue weighted by molar-refractivity contribution is 5.78. The molecule has 3 fully saturated rings. The number of piperidine rings is 1. The first kappa shape index (κ1) is 17.0. The molecule has 1 aromatic rings. The highest BCUT2D eigenvalue weighted by Crippen LogP contribution is 2.39. The summed E-state index contributed by atoms with van der Waals surface area (Å²) in [6.45, 7) is 4.14. The molecule has 25 heavy (non-hydrogen) atoms. The Morgan fingerprint density at radius 1 is 1.20 bits per heavy atom. The van der Waals surface area contributed by atoms with Crippen molar-refractivity contribution in [2.45, 2.75) is 37.3 Å². The normalized spacial score (nSPS) is 29.6. The summed E-state index contributed by atoms with van der Waals surface area (Å²) in [6, 6.07) is 11.0. The third-order valence-electron chi connectivity index (χ3n) is 6.18. The van der Waals surface area contributed by atoms with Crippen molar-refractivity contribution >= 4 is 5.91 Å². The smallest absolute Gasteiger partial charge is 0.246 e. The van der Waals surface area contributed by atoms with E-state index in [4.69, 9.17) is 4.84 Å². The summed E-state index contributed by atoms with van der Waals surface area (Å²) in [7, 11) is 1.62. The molecule has 1 amide bonds. The SMILES string of the molecule is CON1C(=O)CCC12CCN(CC1CNNC1c1ccccc1)CC2. The largest absolute Gasteiger partial charge is 0.303 e. The molecule has 0 bridgehead atoms. The lowest BCUT2D eigenvalue weighted by molar-refractivity contribution is -0.202. The summed E-state index contributed by atoms with van der Waals surface area (Å²) in [4.78, 5) is 20.0. The number of hydrazine groups is 1. The molecule has 0 radical (unpaired) electrons. The van der Waals surface area contributed by atoms with Crippen molar-refractivity contribution in [2.75, 3.05) is 33.3 Å². The van der Waals surface area contributed by atoms with E-state index in [1.165, 1.54) is 5.56 Å². The molecular formula is C19H28N4O2. The quantitative estimate of drug-likeness (QED) is 0.866. The van der Waals surface area contributed by atoms with E-state index < -0.39 is 0 Å². The van der Waals surface area contributed by atoms with E-state index in [0.717, 1.165) is 45.4 Å². The molecule has 3 heterocycles. The molecule has 6 heteroatoms. The summed E-state index contributed by atoms with van der Waals surface area (Å²) in [5.41, 5.74) is 8.05. The molecule has 0 saturated carbocycles. The summed E-state index contributed by atoms with van der Waals surface area (Å²) >= 11 is 0. The van der Waals surface area contributed by atoms with Crippen LogP contribution in [0.4, 0.5) is 0 Å². The molecule has 4 rings (SSSR count). The van der Waals surface area contributed by atoms with Crippen LogP contribution in [0.25, 0.3) is 0 Å². The molecule has 6 nitrogen and oxygen atoms in total. The van der Waals surface area contributed by atoms with Crippen molar-refractivity contribution in [3.63, 3.8) is 0 Å². The minimum Gasteiger partial charge on any atom is -0.303 e. The van der Waals surface area contributed by atoms with Gasteiger partial charge in [0.15, 0.2) is 0 Å². The lowest BCUT2D eigenvalue weighted by atomic mass is 9.85. The number of likely N-dealkylation sites (tertiary alicyclic amines) is 1. The fraction of sp³-hybridized carbons (Fsp3) is 0.632. The maximum Gasteiger partial charge on any atom is 0.246 e. The number of amides is 1. The Labute approximate surface area is 149 Å². The van der Waals surface area contributed by atoms with E-state index in [0.29, 0.717) is 18.4 Å². The monoisotopic (exact) mass is 344 g/mol. The van der Waals surface area contributed by atoms with Gasteiger partial charge in [0.1, 0.15) is 0 Å². The minimum atomic E-state index is -0.0622. The van der Waals surface area contributed by atoms with Crippen molar-refractivity contribution < 1.29 is 9.63 Å². The summed E-state index contributed by atoms with van der Waals surface area (Å²) in [5, 5.41) is 1.66. The van der Waals surface area contributed by atoms with Crippen LogP contribution in [0, 0.1) is 5.92 Å². The molecule has 2 unspecified atom stereocenters. The Balaban J connectivity index is 1.36. The van der Waals surface area contributed by atoms with Gasteiger partial charge in [-0.3, -0.25) is 15.1 Å². The fourth-order valence-corrected chi connectivity index (χ4v) is 4.76. The van der Waals surface area contributed by atoms with E-state index in [2.05, 4.69) is 46.1 Å². The van der Waals surface area contributed by atoms with Crippen LogP contribution >= 0.6 is 0 Å². The van der Waals surface area contributed by atoms with Crippen LogP contribution in [-0.2, 0) is 9.63 Å². The number of rotatable bonds is 4. The molecule has 0 aliphatic carbocycles. The molecule has 3 aliphatic rings. The van der Waals surface area contributed by atoms with E-state index >= 15 is 0 Å². The van der Waals surface area contributed by atoms with Crippen LogP contribution in [0.1, 0.15) is 37.3 Å². The number of hydrogen-bond acceptors (Lipinski definition) is 5. The van der Waals surface area contributed by atoms with Crippen molar-refractivity contribution in [1.29, 1.82) is 0 Å². The van der Waals surface area contributed by atoms with Crippen molar-refractivity contribution in [2.24, 2.45) is 5.92 Å². The van der Waals surface area contributed by atoms with Gasteiger partial charge in [0, 0.05) is 38.5 Å². The van der Waals surface area contributed by atoms with Gasteiger partial charge in [0.2, 0.25) is 5.91 Å². The Bertz CT molecular complexity index is 601. The Kier molecular flexibility index (Phi) is 4.78. The van der Waals surface area contributed by atoms with Crippen molar-refractivity contribution in [3.05, 3.63) is 35.9 Å². The van der Waals surface area contributed by atoms with Gasteiger partial charge in [-0.15, -0.1) is 0 Å². The molecule has 2 N–H and O–H groups in total. The van der Waals surface area contributed by atoms with Crippen LogP contribution in [0.15, 0.2) is 30.3 Å². The first-order chi connectivity index (χ1) is 12.2. The van der Waals surface area contributed by atoms with Crippen molar-refractivity contribution in [3.8, 4) is 0 Å². The third-order valence-corrected chi connectivity index (χ3v) is 6.18. The van der Waals surface area contributed by atoms with E-state index in [1.54, 1.807) is 12.2 Å². The second-order valence-corrected chi connectivity index (χ2v) is 7.57. The average Bonchev–Trinajstić information content (AvgIpc) is 3.23. The van der Waals surface area contributed by atoms with Gasteiger partial charge < -0.3 is 4.90 Å². The number of hydrogen-bond donors (Lipinski definition) is 2. The number of nitrogens with one attached hydrogen (secondary N) is 2. The lowest BCUT2D eigenvalue weighted by Crippen LogP contribution is -2.53. The summed E-state index contributed by atoms with van der Waals surface area (Å²) in [6.07, 6.45) is 3.58. The highest BCUT2D eigenvalue weighted by Gasteiger charge is 2.48. The first-order valence-electron chi connectivity index (χ1n) is 9.35. The number of benzene rings is 1. The second-order valence-electron chi connectivity index (χ2n) is 7.57. The van der Waals surface area contributed by atoms with Gasteiger partial charge in [0.25, 0.3) is 0 Å². The number of nitrogens with zero attached hydrogens (tertiary/aromatic N) is 2. The molecule has 2 atom stereocenters. The van der Waals surface area contributed by atoms with Gasteiger partial charge in [-0.25, -0.2) is 10.5 Å². The Hall–Kier alpha value is -1.47. The second kappa shape index (κ2) is 7.03. The highest BCUT2D eigenvalue weighted by atomic mass is 16.7. The van der Waals surface area contributed by atoms with Gasteiger partial charge in [0.05, 0.1) is 18.7 Å². The van der Waals surface area contributed by atoms with Crippen LogP contribution in [0.2, 0.25) is 0 Å². The average molecular weight is 344 g/mol. The Morgan fingerprint density at radius 2 is 1.96 bits per heavy atom. The van der Waals surface area contributed by atoms with Crippen molar-refractivity contribution in [1.82, 2.24) is 20.8 Å². The molecule has 0 aromatic heterocycles. The standard InChI is InChI=1S/C19H28N4O2/c1-25-23-17(24)7-8-19(23)9-11-22(12-10-19)14-16-13-20-21-18(16)15-5-3-2-4-6-15/h2-6,16,18,20-21H,7-14H2,1H3. The topological polar surface area (TPSA) is 56.8 Å². The predicted octanol–water partition coefficient (Wildman–Crippen LogP) is 1.47. The third kappa shape index (κ3) is 3.19. The number of carbonyl (C=O) groups is 1. The van der Waals surface area contributed by atoms with Gasteiger partial charge >= 0.3 is 0 Å². The molecule has 136 valence electrons. The van der Waals surface area contributed by atoms with Crippen LogP contribution < -0.4 is 10.9 Å². The van der Waals surface area contributed by atoms with Gasteiger partial charge in [-0.2, -0.15) is 0 Å². The summed E-state index contributed by atoms with van der Waals surface area (Å²) in [5.74, 6) is 0.699. The van der Waals surface area contributed by atoms with E-state index in [9.17, 15) is 4.79 Å². The molecule has 1 aromatic carbocycles. The first-order valence-corrected chi connectivity index (χ1v) is 9.35. The maximum absolute atomic E-state index is 12.0. The van der Waals surface area contributed by atoms with Crippen LogP contribution in [0.5, 0.6) is 0 Å². The molecule has 1 spiro atoms. The maximum atomic E-state index is 12.0. The van der Waals surface area contributed by atoms with E-state index in [1.807, 2.05) is 0 Å². The number of carbonyl (C=O) groups excluding carboxylic acids is 1. The predicted molar refractivity (Wildman–Crippen MR) is 95.3 cm³/mol. The Morgan fingerprint density at radius 3 is 2.68 bits per heavy atom. The molecule has 3 aliphatic heterocycles. The van der Waals surface area contributed by atoms with E-state index in [-0.39, 0.29) is 11.4 Å². The summed E-state index contributed by atoms with van der Waals surface area (Å²) < 4.78 is 0. The zero-order valence-corrected chi connectivity index (χ0v) is 14.9.